The summed E-state index contributed by atoms with van der Waals surface area (Å²) >= 11 is 0. The van der Waals surface area contributed by atoms with Crippen molar-refractivity contribution in [3.63, 3.8) is 0 Å². The molecular formula is C17H25IN4O2. The molecule has 2 aromatic rings. The van der Waals surface area contributed by atoms with Crippen LogP contribution >= 0.6 is 24.0 Å². The quantitative estimate of drug-likeness (QED) is 0.404. The van der Waals surface area contributed by atoms with Gasteiger partial charge in [0.25, 0.3) is 0 Å². The van der Waals surface area contributed by atoms with Gasteiger partial charge in [-0.1, -0.05) is 17.3 Å². The fourth-order valence-electron chi connectivity index (χ4n) is 2.15. The maximum absolute atomic E-state index is 5.47. The van der Waals surface area contributed by atoms with E-state index in [1.54, 1.807) is 6.26 Å². The zero-order valence-electron chi connectivity index (χ0n) is 14.4. The van der Waals surface area contributed by atoms with Crippen LogP contribution in [0.25, 0.3) is 0 Å². The Morgan fingerprint density at radius 2 is 2.00 bits per heavy atom. The molecule has 1 heterocycles. The molecule has 0 atom stereocenters. The molecule has 0 saturated heterocycles. The lowest BCUT2D eigenvalue weighted by Gasteiger charge is -2.22. The summed E-state index contributed by atoms with van der Waals surface area (Å²) in [4.78, 5) is 6.67. The summed E-state index contributed by atoms with van der Waals surface area (Å²) in [7, 11) is 2.01. The highest BCUT2D eigenvalue weighted by atomic mass is 127. The third-order valence-electron chi connectivity index (χ3n) is 3.23. The number of benzene rings is 1. The third-order valence-corrected chi connectivity index (χ3v) is 3.23. The lowest BCUT2D eigenvalue weighted by molar-refractivity contribution is 0.340. The second-order valence-corrected chi connectivity index (χ2v) is 5.09. The SMILES string of the molecule is CCNC(=NCc1ccon1)N(C)Cc1ccc(OCC)cc1.I. The van der Waals surface area contributed by atoms with Gasteiger partial charge in [-0.3, -0.25) is 0 Å². The van der Waals surface area contributed by atoms with Crippen LogP contribution in [-0.4, -0.2) is 36.2 Å². The van der Waals surface area contributed by atoms with Gasteiger partial charge >= 0.3 is 0 Å². The Morgan fingerprint density at radius 1 is 1.25 bits per heavy atom. The molecule has 1 aromatic carbocycles. The van der Waals surface area contributed by atoms with Gasteiger partial charge < -0.3 is 19.5 Å². The van der Waals surface area contributed by atoms with Crippen LogP contribution in [0.2, 0.25) is 0 Å². The van der Waals surface area contributed by atoms with Crippen molar-refractivity contribution in [2.45, 2.75) is 26.9 Å². The van der Waals surface area contributed by atoms with E-state index in [2.05, 4.69) is 39.4 Å². The maximum atomic E-state index is 5.47. The Kier molecular flexibility index (Phi) is 9.21. The number of aromatic nitrogens is 1. The van der Waals surface area contributed by atoms with Gasteiger partial charge in [-0.25, -0.2) is 4.99 Å². The second-order valence-electron chi connectivity index (χ2n) is 5.09. The van der Waals surface area contributed by atoms with Crippen LogP contribution in [0.15, 0.2) is 46.1 Å². The van der Waals surface area contributed by atoms with Crippen LogP contribution in [0.5, 0.6) is 5.75 Å². The molecule has 1 N–H and O–H groups in total. The summed E-state index contributed by atoms with van der Waals surface area (Å²) in [5.41, 5.74) is 2.01. The Labute approximate surface area is 160 Å². The molecule has 0 saturated carbocycles. The molecule has 1 aromatic heterocycles. The molecule has 0 spiro atoms. The first-order valence-corrected chi connectivity index (χ1v) is 7.83. The standard InChI is InChI=1S/C17H24N4O2.HI/c1-4-18-17(19-12-15-10-11-23-20-15)21(3)13-14-6-8-16(9-7-14)22-5-2;/h6-11H,4-5,12-13H2,1-3H3,(H,18,19);1H. The Morgan fingerprint density at radius 3 is 2.58 bits per heavy atom. The second kappa shape index (κ2) is 10.9. The van der Waals surface area contributed by atoms with Crippen molar-refractivity contribution in [3.8, 4) is 5.75 Å². The van der Waals surface area contributed by atoms with Gasteiger partial charge in [-0.2, -0.15) is 0 Å². The minimum atomic E-state index is 0. The zero-order chi connectivity index (χ0) is 16.5. The van der Waals surface area contributed by atoms with Gasteiger partial charge in [0, 0.05) is 26.2 Å². The van der Waals surface area contributed by atoms with Crippen molar-refractivity contribution in [1.82, 2.24) is 15.4 Å². The minimum Gasteiger partial charge on any atom is -0.494 e. The molecule has 0 aliphatic rings. The number of hydrogen-bond acceptors (Lipinski definition) is 4. The van der Waals surface area contributed by atoms with Crippen molar-refractivity contribution in [2.24, 2.45) is 4.99 Å². The van der Waals surface area contributed by atoms with Crippen molar-refractivity contribution in [1.29, 1.82) is 0 Å². The van der Waals surface area contributed by atoms with Gasteiger partial charge in [-0.05, 0) is 31.5 Å². The van der Waals surface area contributed by atoms with Gasteiger partial charge in [0.1, 0.15) is 17.7 Å². The number of guanidine groups is 1. The molecule has 7 heteroatoms. The first kappa shape index (κ1) is 20.3. The number of nitrogens with zero attached hydrogens (tertiary/aromatic N) is 3. The van der Waals surface area contributed by atoms with Gasteiger partial charge in [0.15, 0.2) is 5.96 Å². The molecule has 0 fully saturated rings. The first-order chi connectivity index (χ1) is 11.2. The molecule has 0 amide bonds. The van der Waals surface area contributed by atoms with Crippen LogP contribution in [0.4, 0.5) is 0 Å². The van der Waals surface area contributed by atoms with Crippen molar-refractivity contribution >= 4 is 29.9 Å². The maximum Gasteiger partial charge on any atom is 0.194 e. The number of hydrogen-bond donors (Lipinski definition) is 1. The van der Waals surface area contributed by atoms with Crippen LogP contribution in [0, 0.1) is 0 Å². The van der Waals surface area contributed by atoms with Crippen molar-refractivity contribution < 1.29 is 9.26 Å². The number of rotatable bonds is 7. The third kappa shape index (κ3) is 6.38. The normalized spacial score (nSPS) is 10.9. The lowest BCUT2D eigenvalue weighted by Crippen LogP contribution is -2.38. The molecular weight excluding hydrogens is 419 g/mol. The Balaban J connectivity index is 0.00000288. The summed E-state index contributed by atoms with van der Waals surface area (Å²) in [6.07, 6.45) is 1.56. The van der Waals surface area contributed by atoms with Crippen LogP contribution < -0.4 is 10.1 Å². The van der Waals surface area contributed by atoms with Crippen molar-refractivity contribution in [3.05, 3.63) is 47.9 Å². The van der Waals surface area contributed by atoms with Crippen molar-refractivity contribution in [2.75, 3.05) is 20.2 Å². The monoisotopic (exact) mass is 444 g/mol. The summed E-state index contributed by atoms with van der Waals surface area (Å²) < 4.78 is 10.3. The predicted molar refractivity (Wildman–Crippen MR) is 106 cm³/mol. The van der Waals surface area contributed by atoms with E-state index in [1.807, 2.05) is 32.2 Å². The van der Waals surface area contributed by atoms with E-state index in [1.165, 1.54) is 5.56 Å². The van der Waals surface area contributed by atoms with Crippen LogP contribution in [0.3, 0.4) is 0 Å². The fourth-order valence-corrected chi connectivity index (χ4v) is 2.15. The summed E-state index contributed by atoms with van der Waals surface area (Å²) in [6, 6.07) is 9.95. The predicted octanol–water partition coefficient (Wildman–Crippen LogP) is 3.29. The molecule has 0 radical (unpaired) electrons. The van der Waals surface area contributed by atoms with E-state index < -0.39 is 0 Å². The number of halogens is 1. The van der Waals surface area contributed by atoms with E-state index in [0.29, 0.717) is 13.2 Å². The highest BCUT2D eigenvalue weighted by Crippen LogP contribution is 2.13. The van der Waals surface area contributed by atoms with Gasteiger partial charge in [0.05, 0.1) is 13.2 Å². The molecule has 132 valence electrons. The van der Waals surface area contributed by atoms with Crippen LogP contribution in [-0.2, 0) is 13.1 Å². The van der Waals surface area contributed by atoms with Gasteiger partial charge in [0.2, 0.25) is 0 Å². The Bertz CT molecular complexity index is 600. The van der Waals surface area contributed by atoms with E-state index in [9.17, 15) is 0 Å². The molecule has 2 rings (SSSR count). The average molecular weight is 444 g/mol. The largest absolute Gasteiger partial charge is 0.494 e. The molecule has 0 aliphatic carbocycles. The summed E-state index contributed by atoms with van der Waals surface area (Å²) in [5.74, 6) is 1.73. The average Bonchev–Trinajstić information content (AvgIpc) is 3.07. The van der Waals surface area contributed by atoms with E-state index in [0.717, 1.165) is 30.5 Å². The minimum absolute atomic E-state index is 0. The number of ether oxygens (including phenoxy) is 1. The fraction of sp³-hybridized carbons (Fsp3) is 0.412. The molecule has 0 unspecified atom stereocenters. The molecule has 0 bridgehead atoms. The smallest absolute Gasteiger partial charge is 0.194 e. The highest BCUT2D eigenvalue weighted by Gasteiger charge is 2.07. The summed E-state index contributed by atoms with van der Waals surface area (Å²) in [6.45, 7) is 6.78. The van der Waals surface area contributed by atoms with Crippen LogP contribution in [0.1, 0.15) is 25.1 Å². The topological polar surface area (TPSA) is 62.9 Å². The first-order valence-electron chi connectivity index (χ1n) is 7.83. The lowest BCUT2D eigenvalue weighted by atomic mass is 10.2. The number of nitrogens with one attached hydrogen (secondary N) is 1. The van der Waals surface area contributed by atoms with E-state index in [4.69, 9.17) is 9.26 Å². The summed E-state index contributed by atoms with van der Waals surface area (Å²) in [5, 5.41) is 7.17. The molecule has 0 aliphatic heterocycles. The van der Waals surface area contributed by atoms with Gasteiger partial charge in [-0.15, -0.1) is 24.0 Å². The van der Waals surface area contributed by atoms with E-state index >= 15 is 0 Å². The number of aliphatic imine (C=N–C) groups is 1. The van der Waals surface area contributed by atoms with E-state index in [-0.39, 0.29) is 24.0 Å². The zero-order valence-corrected chi connectivity index (χ0v) is 16.7. The Hall–Kier alpha value is -1.77. The molecule has 24 heavy (non-hydrogen) atoms. The molecule has 6 nitrogen and oxygen atoms in total. The highest BCUT2D eigenvalue weighted by molar-refractivity contribution is 14.0.